The molecule has 0 fully saturated rings. The lowest BCUT2D eigenvalue weighted by Crippen LogP contribution is -2.46. The summed E-state index contributed by atoms with van der Waals surface area (Å²) < 4.78 is 33.4. The Morgan fingerprint density at radius 3 is 2.39 bits per heavy atom. The summed E-state index contributed by atoms with van der Waals surface area (Å²) in [6.07, 6.45) is 1.17. The first-order chi connectivity index (χ1) is 8.26. The first-order valence-electron chi connectivity index (χ1n) is 5.37. The molecule has 2 amide bonds. The van der Waals surface area contributed by atoms with Gasteiger partial charge in [-0.05, 0) is 13.3 Å². The predicted octanol–water partition coefficient (Wildman–Crippen LogP) is 0.787. The third kappa shape index (κ3) is 5.31. The summed E-state index contributed by atoms with van der Waals surface area (Å²) in [5, 5.41) is 9.32. The van der Waals surface area contributed by atoms with E-state index < -0.39 is 22.5 Å². The normalized spacial score (nSPS) is 12.6. The van der Waals surface area contributed by atoms with Gasteiger partial charge < -0.3 is 4.90 Å². The highest BCUT2D eigenvalue weighted by Gasteiger charge is 2.27. The zero-order chi connectivity index (χ0) is 14.3. The van der Waals surface area contributed by atoms with E-state index >= 15 is 0 Å². The van der Waals surface area contributed by atoms with Crippen LogP contribution >= 0.6 is 0 Å². The number of hydroxylamine groups is 2. The Bertz CT molecular complexity index is 416. The van der Waals surface area contributed by atoms with Gasteiger partial charge in [0.15, 0.2) is 0 Å². The highest BCUT2D eigenvalue weighted by molar-refractivity contribution is 7.80. The predicted molar refractivity (Wildman–Crippen MR) is 62.5 cm³/mol. The van der Waals surface area contributed by atoms with Crippen LogP contribution in [0.4, 0.5) is 4.79 Å². The highest BCUT2D eigenvalue weighted by atomic mass is 32.3. The number of nitriles is 1. The summed E-state index contributed by atoms with van der Waals surface area (Å²) in [4.78, 5) is 13.0. The average Bonchev–Trinajstić information content (AvgIpc) is 2.26. The van der Waals surface area contributed by atoms with Gasteiger partial charge in [-0.15, -0.1) is 4.28 Å². The molecule has 1 atom stereocenters. The smallest absolute Gasteiger partial charge is 0.307 e. The molecule has 104 valence electrons. The summed E-state index contributed by atoms with van der Waals surface area (Å²) in [6, 6.07) is 0.487. The Balaban J connectivity index is 4.85. The van der Waals surface area contributed by atoms with Crippen LogP contribution in [0.15, 0.2) is 0 Å². The minimum Gasteiger partial charge on any atom is -0.307 e. The van der Waals surface area contributed by atoms with E-state index in [-0.39, 0.29) is 6.54 Å². The Morgan fingerprint density at radius 2 is 2.06 bits per heavy atom. The van der Waals surface area contributed by atoms with Crippen molar-refractivity contribution in [1.82, 2.24) is 9.96 Å². The van der Waals surface area contributed by atoms with Crippen molar-refractivity contribution in [1.29, 1.82) is 5.26 Å². The molecule has 9 heteroatoms. The fourth-order valence-electron chi connectivity index (χ4n) is 1.41. The van der Waals surface area contributed by atoms with Crippen molar-refractivity contribution in [3.05, 3.63) is 0 Å². The van der Waals surface area contributed by atoms with E-state index in [2.05, 4.69) is 4.28 Å². The number of carbonyl (C=O) groups excluding carboxylic acids is 1. The quantitative estimate of drug-likeness (QED) is 0.568. The van der Waals surface area contributed by atoms with Crippen LogP contribution < -0.4 is 0 Å². The third-order valence-electron chi connectivity index (χ3n) is 2.15. The molecule has 0 aliphatic carbocycles. The highest BCUT2D eigenvalue weighted by Crippen LogP contribution is 2.10. The molecule has 0 bridgehead atoms. The number of urea groups is 1. The first-order valence-corrected chi connectivity index (χ1v) is 6.74. The Morgan fingerprint density at radius 1 is 1.50 bits per heavy atom. The van der Waals surface area contributed by atoms with E-state index in [4.69, 9.17) is 9.81 Å². The number of carbonyl (C=O) groups is 1. The van der Waals surface area contributed by atoms with Crippen molar-refractivity contribution < 1.29 is 22.0 Å². The standard InChI is InChI=1S/C9H17N3O5S/c1-4-6-8(7-10)12(5-2)9(13)11(3)17-18(14,15)16/h8H,4-6H2,1-3H3,(H,14,15,16)/t8-/m0/s1. The van der Waals surface area contributed by atoms with Crippen LogP contribution in [-0.2, 0) is 14.7 Å². The van der Waals surface area contributed by atoms with Gasteiger partial charge in [0.25, 0.3) is 0 Å². The van der Waals surface area contributed by atoms with Crippen LogP contribution in [0.1, 0.15) is 26.7 Å². The molecule has 0 aliphatic heterocycles. The second-order valence-electron chi connectivity index (χ2n) is 3.50. The SMILES string of the molecule is CCC[C@@H](C#N)N(CC)C(=O)N(C)OS(=O)(=O)O. The van der Waals surface area contributed by atoms with Crippen LogP contribution in [0.3, 0.4) is 0 Å². The van der Waals surface area contributed by atoms with Crippen molar-refractivity contribution in [2.24, 2.45) is 0 Å². The van der Waals surface area contributed by atoms with E-state index in [9.17, 15) is 13.2 Å². The van der Waals surface area contributed by atoms with E-state index in [1.54, 1.807) is 6.92 Å². The van der Waals surface area contributed by atoms with Crippen molar-refractivity contribution in [3.8, 4) is 6.07 Å². The molecular weight excluding hydrogens is 262 g/mol. The number of hydrogen-bond acceptors (Lipinski definition) is 5. The van der Waals surface area contributed by atoms with Crippen molar-refractivity contribution in [2.75, 3.05) is 13.6 Å². The number of nitrogens with zero attached hydrogens (tertiary/aromatic N) is 3. The fraction of sp³-hybridized carbons (Fsp3) is 0.778. The molecule has 0 rings (SSSR count). The topological polar surface area (TPSA) is 111 Å². The minimum absolute atomic E-state index is 0.218. The van der Waals surface area contributed by atoms with Crippen molar-refractivity contribution >= 4 is 16.4 Å². The molecule has 1 N–H and O–H groups in total. The lowest BCUT2D eigenvalue weighted by Gasteiger charge is -2.28. The summed E-state index contributed by atoms with van der Waals surface area (Å²) >= 11 is 0. The lowest BCUT2D eigenvalue weighted by molar-refractivity contribution is -0.0117. The molecule has 0 aliphatic rings. The van der Waals surface area contributed by atoms with E-state index in [1.807, 2.05) is 13.0 Å². The van der Waals surface area contributed by atoms with Crippen LogP contribution in [0, 0.1) is 11.3 Å². The van der Waals surface area contributed by atoms with Gasteiger partial charge in [-0.3, -0.25) is 4.55 Å². The monoisotopic (exact) mass is 279 g/mol. The molecule has 8 nitrogen and oxygen atoms in total. The Labute approximate surface area is 107 Å². The van der Waals surface area contributed by atoms with E-state index in [1.165, 1.54) is 0 Å². The Hall–Kier alpha value is -1.37. The number of hydrogen-bond donors (Lipinski definition) is 1. The molecule has 0 heterocycles. The maximum atomic E-state index is 11.8. The molecule has 0 saturated carbocycles. The molecular formula is C9H17N3O5S. The maximum absolute atomic E-state index is 11.8. The van der Waals surface area contributed by atoms with Gasteiger partial charge in [-0.1, -0.05) is 13.3 Å². The zero-order valence-corrected chi connectivity index (χ0v) is 11.3. The van der Waals surface area contributed by atoms with Gasteiger partial charge in [0.1, 0.15) is 6.04 Å². The molecule has 0 radical (unpaired) electrons. The summed E-state index contributed by atoms with van der Waals surface area (Å²) in [5.74, 6) is 0. The second-order valence-corrected chi connectivity index (χ2v) is 4.51. The maximum Gasteiger partial charge on any atom is 0.418 e. The Kier molecular flexibility index (Phi) is 6.61. The van der Waals surface area contributed by atoms with Crippen molar-refractivity contribution in [2.45, 2.75) is 32.7 Å². The molecule has 0 aromatic rings. The van der Waals surface area contributed by atoms with Crippen LogP contribution in [0.25, 0.3) is 0 Å². The van der Waals surface area contributed by atoms with Crippen molar-refractivity contribution in [3.63, 3.8) is 0 Å². The summed E-state index contributed by atoms with van der Waals surface area (Å²) in [7, 11) is -3.72. The van der Waals surface area contributed by atoms with Gasteiger partial charge in [0.2, 0.25) is 0 Å². The van der Waals surface area contributed by atoms with E-state index in [0.717, 1.165) is 11.9 Å². The number of amides is 2. The van der Waals surface area contributed by atoms with Gasteiger partial charge in [-0.2, -0.15) is 18.7 Å². The largest absolute Gasteiger partial charge is 0.418 e. The zero-order valence-electron chi connectivity index (χ0n) is 10.5. The lowest BCUT2D eigenvalue weighted by atomic mass is 10.1. The molecule has 18 heavy (non-hydrogen) atoms. The van der Waals surface area contributed by atoms with Gasteiger partial charge in [-0.25, -0.2) is 4.79 Å². The molecule has 0 aromatic carbocycles. The first kappa shape index (κ1) is 16.6. The third-order valence-corrected chi connectivity index (χ3v) is 2.56. The van der Waals surface area contributed by atoms with Crippen LogP contribution in [-0.4, -0.2) is 48.6 Å². The average molecular weight is 279 g/mol. The number of rotatable bonds is 6. The molecule has 0 aromatic heterocycles. The van der Waals surface area contributed by atoms with Crippen LogP contribution in [0.2, 0.25) is 0 Å². The summed E-state index contributed by atoms with van der Waals surface area (Å²) in [5.41, 5.74) is 0. The molecule has 0 saturated heterocycles. The van der Waals surface area contributed by atoms with Gasteiger partial charge in [0.05, 0.1) is 6.07 Å². The van der Waals surface area contributed by atoms with Gasteiger partial charge >= 0.3 is 16.4 Å². The van der Waals surface area contributed by atoms with Crippen LogP contribution in [0.5, 0.6) is 0 Å². The fourth-order valence-corrected chi connectivity index (χ4v) is 1.75. The van der Waals surface area contributed by atoms with Gasteiger partial charge in [0, 0.05) is 13.6 Å². The molecule has 0 spiro atoms. The second kappa shape index (κ2) is 7.15. The summed E-state index contributed by atoms with van der Waals surface area (Å²) in [6.45, 7) is 3.73. The van der Waals surface area contributed by atoms with E-state index in [0.29, 0.717) is 17.9 Å². The molecule has 0 unspecified atom stereocenters. The minimum atomic E-state index is -4.76.